The van der Waals surface area contributed by atoms with Crippen LogP contribution in [-0.4, -0.2) is 24.7 Å². The summed E-state index contributed by atoms with van der Waals surface area (Å²) in [6.07, 6.45) is 0. The molecule has 34 heavy (non-hydrogen) atoms. The molecular weight excluding hydrogens is 487 g/mol. The summed E-state index contributed by atoms with van der Waals surface area (Å²) in [6, 6.07) is 15.9. The number of hydrogen-bond donors (Lipinski definition) is 2. The van der Waals surface area contributed by atoms with Crippen molar-refractivity contribution in [2.75, 3.05) is 10.6 Å². The van der Waals surface area contributed by atoms with Crippen LogP contribution in [0.2, 0.25) is 10.0 Å². The lowest BCUT2D eigenvalue weighted by Gasteiger charge is -2.10. The molecule has 0 saturated carbocycles. The molecule has 176 valence electrons. The summed E-state index contributed by atoms with van der Waals surface area (Å²) in [4.78, 5) is 0. The van der Waals surface area contributed by atoms with Crippen LogP contribution in [0.5, 0.6) is 0 Å². The minimum absolute atomic E-state index is 0.459. The smallest absolute Gasteiger partial charge is 0.176 e. The van der Waals surface area contributed by atoms with Crippen LogP contribution in [0.15, 0.2) is 48.5 Å². The average molecular weight is 513 g/mol. The molecule has 2 aromatic carbocycles. The van der Waals surface area contributed by atoms with Crippen LogP contribution in [0.25, 0.3) is 0 Å². The fourth-order valence-corrected chi connectivity index (χ4v) is 4.31. The third kappa shape index (κ3) is 5.43. The van der Waals surface area contributed by atoms with Gasteiger partial charge in [0.25, 0.3) is 0 Å². The number of rotatable bonds is 6. The maximum Gasteiger partial charge on any atom is 0.176 e. The standard InChI is InChI=1S/C25H26Cl2N6S/c1-15-7-5-6-8-20(15)14-33-18(4)24(17(3)30-33)29-25(34)28-23-11-16(2)32(31-23)13-19-9-10-21(26)22(27)12-19/h5-12H,13-14H2,1-4H3,(H2,28,29,31,34). The molecule has 4 aromatic rings. The van der Waals surface area contributed by atoms with Crippen molar-refractivity contribution in [3.05, 3.63) is 92.3 Å². The van der Waals surface area contributed by atoms with Gasteiger partial charge < -0.3 is 10.6 Å². The molecule has 0 aliphatic rings. The first kappa shape index (κ1) is 24.3. The first-order chi connectivity index (χ1) is 16.2. The fourth-order valence-electron chi connectivity index (χ4n) is 3.78. The van der Waals surface area contributed by atoms with Crippen molar-refractivity contribution in [3.63, 3.8) is 0 Å². The summed E-state index contributed by atoms with van der Waals surface area (Å²) in [7, 11) is 0. The van der Waals surface area contributed by atoms with E-state index in [1.165, 1.54) is 11.1 Å². The molecule has 9 heteroatoms. The summed E-state index contributed by atoms with van der Waals surface area (Å²) >= 11 is 17.7. The summed E-state index contributed by atoms with van der Waals surface area (Å²) in [5.74, 6) is 0.665. The van der Waals surface area contributed by atoms with E-state index in [2.05, 4.69) is 40.9 Å². The van der Waals surface area contributed by atoms with Crippen LogP contribution in [0, 0.1) is 27.7 Å². The van der Waals surface area contributed by atoms with E-state index >= 15 is 0 Å². The SMILES string of the molecule is Cc1ccccc1Cn1nc(C)c(NC(=S)Nc2cc(C)n(Cc3ccc(Cl)c(Cl)c3)n2)c1C. The number of benzene rings is 2. The Kier molecular flexibility index (Phi) is 7.26. The summed E-state index contributed by atoms with van der Waals surface area (Å²) in [6.45, 7) is 9.41. The molecule has 0 saturated heterocycles. The third-order valence-corrected chi connectivity index (χ3v) is 6.68. The number of anilines is 2. The van der Waals surface area contributed by atoms with Gasteiger partial charge in [-0.3, -0.25) is 9.36 Å². The molecule has 6 nitrogen and oxygen atoms in total. The number of halogens is 2. The van der Waals surface area contributed by atoms with E-state index in [0.717, 1.165) is 28.3 Å². The second-order valence-electron chi connectivity index (χ2n) is 8.29. The predicted octanol–water partition coefficient (Wildman–Crippen LogP) is 6.53. The van der Waals surface area contributed by atoms with Gasteiger partial charge in [0.1, 0.15) is 0 Å². The summed E-state index contributed by atoms with van der Waals surface area (Å²) < 4.78 is 3.89. The Hall–Kier alpha value is -2.87. The van der Waals surface area contributed by atoms with Gasteiger partial charge in [-0.2, -0.15) is 10.2 Å². The van der Waals surface area contributed by atoms with E-state index < -0.39 is 0 Å². The molecule has 0 aliphatic carbocycles. The molecule has 2 aromatic heterocycles. The Morgan fingerprint density at radius 1 is 0.882 bits per heavy atom. The zero-order valence-electron chi connectivity index (χ0n) is 19.5. The number of hydrogen-bond acceptors (Lipinski definition) is 3. The maximum absolute atomic E-state index is 6.14. The molecule has 0 fully saturated rings. The Balaban J connectivity index is 1.44. The molecule has 0 atom stereocenters. The molecule has 0 aliphatic heterocycles. The molecule has 0 radical (unpaired) electrons. The first-order valence-electron chi connectivity index (χ1n) is 10.9. The van der Waals surface area contributed by atoms with E-state index in [-0.39, 0.29) is 0 Å². The zero-order valence-corrected chi connectivity index (χ0v) is 21.8. The normalized spacial score (nSPS) is 11.0. The van der Waals surface area contributed by atoms with Crippen LogP contribution in [-0.2, 0) is 13.1 Å². The molecule has 0 spiro atoms. The van der Waals surface area contributed by atoms with E-state index in [4.69, 9.17) is 40.5 Å². The molecule has 2 N–H and O–H groups in total. The van der Waals surface area contributed by atoms with Crippen molar-refractivity contribution in [2.45, 2.75) is 40.8 Å². The Bertz CT molecular complexity index is 1360. The molecule has 0 bridgehead atoms. The van der Waals surface area contributed by atoms with Crippen LogP contribution in [0.1, 0.15) is 33.8 Å². The largest absolute Gasteiger partial charge is 0.329 e. The van der Waals surface area contributed by atoms with Crippen molar-refractivity contribution >= 4 is 52.0 Å². The second-order valence-corrected chi connectivity index (χ2v) is 9.51. The highest BCUT2D eigenvalue weighted by molar-refractivity contribution is 7.80. The van der Waals surface area contributed by atoms with Crippen LogP contribution < -0.4 is 10.6 Å². The zero-order chi connectivity index (χ0) is 24.4. The lowest BCUT2D eigenvalue weighted by molar-refractivity contribution is 0.657. The van der Waals surface area contributed by atoms with Crippen LogP contribution in [0.4, 0.5) is 11.5 Å². The van der Waals surface area contributed by atoms with Gasteiger partial charge in [0, 0.05) is 11.8 Å². The average Bonchev–Trinajstić information content (AvgIpc) is 3.25. The molecule has 4 rings (SSSR count). The monoisotopic (exact) mass is 512 g/mol. The molecule has 2 heterocycles. The molecular formula is C25H26Cl2N6S. The van der Waals surface area contributed by atoms with Crippen molar-refractivity contribution in [1.29, 1.82) is 0 Å². The number of aryl methyl sites for hydroxylation is 3. The quantitative estimate of drug-likeness (QED) is 0.287. The highest BCUT2D eigenvalue weighted by Gasteiger charge is 2.15. The van der Waals surface area contributed by atoms with Gasteiger partial charge in [-0.1, -0.05) is 53.5 Å². The van der Waals surface area contributed by atoms with Gasteiger partial charge >= 0.3 is 0 Å². The highest BCUT2D eigenvalue weighted by Crippen LogP contribution is 2.24. The maximum atomic E-state index is 6.14. The van der Waals surface area contributed by atoms with Gasteiger partial charge in [0.15, 0.2) is 10.9 Å². The molecule has 0 amide bonds. The van der Waals surface area contributed by atoms with Crippen LogP contribution in [0.3, 0.4) is 0 Å². The highest BCUT2D eigenvalue weighted by atomic mass is 35.5. The number of thiocarbonyl (C=S) groups is 1. The van der Waals surface area contributed by atoms with Crippen molar-refractivity contribution in [1.82, 2.24) is 19.6 Å². The van der Waals surface area contributed by atoms with Gasteiger partial charge in [-0.05, 0) is 68.7 Å². The third-order valence-electron chi connectivity index (χ3n) is 5.74. The van der Waals surface area contributed by atoms with Gasteiger partial charge in [-0.15, -0.1) is 0 Å². The number of nitrogens with zero attached hydrogens (tertiary/aromatic N) is 4. The lowest BCUT2D eigenvalue weighted by Crippen LogP contribution is -2.20. The van der Waals surface area contributed by atoms with E-state index in [1.54, 1.807) is 6.07 Å². The minimum Gasteiger partial charge on any atom is -0.329 e. The Morgan fingerprint density at radius 2 is 1.65 bits per heavy atom. The lowest BCUT2D eigenvalue weighted by atomic mass is 10.1. The number of aromatic nitrogens is 4. The molecule has 0 unspecified atom stereocenters. The van der Waals surface area contributed by atoms with Crippen molar-refractivity contribution in [2.24, 2.45) is 0 Å². The van der Waals surface area contributed by atoms with Crippen molar-refractivity contribution in [3.8, 4) is 0 Å². The Labute approximate surface area is 214 Å². The minimum atomic E-state index is 0.459. The van der Waals surface area contributed by atoms with Crippen LogP contribution >= 0.6 is 35.4 Å². The van der Waals surface area contributed by atoms with Gasteiger partial charge in [0.05, 0.1) is 40.2 Å². The Morgan fingerprint density at radius 3 is 2.38 bits per heavy atom. The summed E-state index contributed by atoms with van der Waals surface area (Å²) in [5, 5.41) is 17.4. The second kappa shape index (κ2) is 10.2. The van der Waals surface area contributed by atoms with E-state index in [9.17, 15) is 0 Å². The predicted molar refractivity (Wildman–Crippen MR) is 144 cm³/mol. The fraction of sp³-hybridized carbons (Fsp3) is 0.240. The van der Waals surface area contributed by atoms with Gasteiger partial charge in [0.2, 0.25) is 0 Å². The van der Waals surface area contributed by atoms with Crippen molar-refractivity contribution < 1.29 is 0 Å². The summed E-state index contributed by atoms with van der Waals surface area (Å²) in [5.41, 5.74) is 7.30. The number of nitrogens with one attached hydrogen (secondary N) is 2. The van der Waals surface area contributed by atoms with E-state index in [1.807, 2.05) is 54.4 Å². The topological polar surface area (TPSA) is 59.7 Å². The van der Waals surface area contributed by atoms with E-state index in [0.29, 0.717) is 34.1 Å². The first-order valence-corrected chi connectivity index (χ1v) is 12.0. The van der Waals surface area contributed by atoms with Gasteiger partial charge in [-0.25, -0.2) is 0 Å².